The predicted octanol–water partition coefficient (Wildman–Crippen LogP) is 4.89. The van der Waals surface area contributed by atoms with Crippen molar-refractivity contribution >= 4 is 23.2 Å². The van der Waals surface area contributed by atoms with Gasteiger partial charge in [-0.3, -0.25) is 10.1 Å². The number of carbonyl (C=O) groups excluding carboxylic acids is 2. The lowest BCUT2D eigenvalue weighted by molar-refractivity contribution is -0.384. The van der Waals surface area contributed by atoms with Gasteiger partial charge >= 0.3 is 11.9 Å². The van der Waals surface area contributed by atoms with Gasteiger partial charge in [0.2, 0.25) is 0 Å². The lowest BCUT2D eigenvalue weighted by Crippen LogP contribution is -2.32. The average molecular weight is 543 g/mol. The molecule has 40 heavy (non-hydrogen) atoms. The summed E-state index contributed by atoms with van der Waals surface area (Å²) in [5.41, 5.74) is 4.64. The number of benzene rings is 2. The number of nitrogens with zero attached hydrogens (tertiary/aromatic N) is 3. The van der Waals surface area contributed by atoms with E-state index in [9.17, 15) is 19.7 Å². The normalized spacial score (nSPS) is 15.5. The molecule has 0 saturated heterocycles. The van der Waals surface area contributed by atoms with Crippen molar-refractivity contribution < 1.29 is 24.0 Å². The number of esters is 2. The van der Waals surface area contributed by atoms with Crippen LogP contribution in [0.5, 0.6) is 0 Å². The number of hydrogen-bond acceptors (Lipinski definition) is 8. The number of non-ortho nitro benzene ring substituents is 1. The summed E-state index contributed by atoms with van der Waals surface area (Å²) in [6.07, 6.45) is 7.21. The Kier molecular flexibility index (Phi) is 8.58. The number of nitro groups is 1. The fourth-order valence-electron chi connectivity index (χ4n) is 4.70. The van der Waals surface area contributed by atoms with Gasteiger partial charge in [-0.05, 0) is 49.1 Å². The average Bonchev–Trinajstić information content (AvgIpc) is 3.45. The minimum Gasteiger partial charge on any atom is -0.466 e. The lowest BCUT2D eigenvalue weighted by Gasteiger charge is -2.30. The second-order valence-corrected chi connectivity index (χ2v) is 9.40. The number of methoxy groups -OCH3 is 1. The van der Waals surface area contributed by atoms with Crippen LogP contribution in [0.15, 0.2) is 95.9 Å². The molecule has 10 heteroatoms. The molecule has 2 aromatic carbocycles. The molecule has 0 bridgehead atoms. The first-order valence-electron chi connectivity index (χ1n) is 12.6. The zero-order chi connectivity index (χ0) is 28.8. The fraction of sp³-hybridized carbons (Fsp3) is 0.233. The highest BCUT2D eigenvalue weighted by Crippen LogP contribution is 2.40. The van der Waals surface area contributed by atoms with Gasteiger partial charge < -0.3 is 19.4 Å². The van der Waals surface area contributed by atoms with Gasteiger partial charge in [0.15, 0.2) is 0 Å². The van der Waals surface area contributed by atoms with E-state index in [-0.39, 0.29) is 23.4 Å². The molecule has 4 rings (SSSR count). The molecule has 1 N–H and O–H groups in total. The van der Waals surface area contributed by atoms with Crippen molar-refractivity contribution in [1.82, 2.24) is 14.9 Å². The molecule has 0 saturated carbocycles. The fourth-order valence-corrected chi connectivity index (χ4v) is 4.70. The number of aromatic nitrogens is 2. The number of dihydropyridines is 1. The quantitative estimate of drug-likeness (QED) is 0.230. The van der Waals surface area contributed by atoms with Crippen LogP contribution in [0, 0.1) is 10.1 Å². The van der Waals surface area contributed by atoms with Crippen molar-refractivity contribution in [2.24, 2.45) is 0 Å². The van der Waals surface area contributed by atoms with Crippen molar-refractivity contribution in [3.8, 4) is 0 Å². The SMILES string of the molecule is COC(=O)C1=C(C)NC(C)=C(C(=O)OC/C=C(/C)c2ccc(Cn3ccnc3)cc2)C1c1cccc([N+](=O)[O-])c1. The molecule has 0 spiro atoms. The van der Waals surface area contributed by atoms with E-state index in [2.05, 4.69) is 10.3 Å². The Morgan fingerprint density at radius 3 is 2.42 bits per heavy atom. The smallest absolute Gasteiger partial charge is 0.337 e. The molecule has 0 fully saturated rings. The summed E-state index contributed by atoms with van der Waals surface area (Å²) in [6.45, 7) is 6.03. The number of ether oxygens (including phenoxy) is 2. The summed E-state index contributed by atoms with van der Waals surface area (Å²) in [6, 6.07) is 13.9. The molecule has 10 nitrogen and oxygen atoms in total. The van der Waals surface area contributed by atoms with Gasteiger partial charge in [0.25, 0.3) is 5.69 Å². The standard InChI is InChI=1S/C30H30N4O6/c1-19(23-10-8-22(9-11-23)17-33-14-13-31-18-33)12-15-40-30(36)27-21(3)32-20(2)26(29(35)39-4)28(27)24-6-5-7-25(16-24)34(37)38/h5-14,16,18,28,32H,15,17H2,1-4H3/b19-12-. The van der Waals surface area contributed by atoms with E-state index >= 15 is 0 Å². The second-order valence-electron chi connectivity index (χ2n) is 9.40. The van der Waals surface area contributed by atoms with Gasteiger partial charge in [-0.1, -0.05) is 36.4 Å². The van der Waals surface area contributed by atoms with Crippen LogP contribution in [0.1, 0.15) is 43.4 Å². The maximum atomic E-state index is 13.4. The summed E-state index contributed by atoms with van der Waals surface area (Å²) in [7, 11) is 1.24. The van der Waals surface area contributed by atoms with E-state index in [0.29, 0.717) is 17.0 Å². The van der Waals surface area contributed by atoms with Crippen LogP contribution in [0.25, 0.3) is 5.57 Å². The maximum Gasteiger partial charge on any atom is 0.337 e. The van der Waals surface area contributed by atoms with Crippen molar-refractivity contribution in [1.29, 1.82) is 0 Å². The predicted molar refractivity (Wildman–Crippen MR) is 149 cm³/mol. The van der Waals surface area contributed by atoms with Gasteiger partial charge in [0, 0.05) is 42.5 Å². The number of allylic oxidation sites excluding steroid dienone is 3. The van der Waals surface area contributed by atoms with Gasteiger partial charge in [0.1, 0.15) is 6.61 Å². The number of hydrogen-bond donors (Lipinski definition) is 1. The molecule has 2 heterocycles. The maximum absolute atomic E-state index is 13.4. The zero-order valence-corrected chi connectivity index (χ0v) is 22.7. The molecule has 0 radical (unpaired) electrons. The summed E-state index contributed by atoms with van der Waals surface area (Å²) < 4.78 is 12.6. The number of nitro benzene ring substituents is 1. The summed E-state index contributed by atoms with van der Waals surface area (Å²) in [5.74, 6) is -2.20. The lowest BCUT2D eigenvalue weighted by atomic mass is 9.80. The van der Waals surface area contributed by atoms with Gasteiger partial charge in [0.05, 0.1) is 35.4 Å². The van der Waals surface area contributed by atoms with Crippen molar-refractivity contribution in [3.63, 3.8) is 0 Å². The van der Waals surface area contributed by atoms with Gasteiger partial charge in [-0.2, -0.15) is 0 Å². The molecule has 1 aliphatic heterocycles. The Labute approximate surface area is 231 Å². The molecule has 1 aliphatic rings. The van der Waals surface area contributed by atoms with Crippen LogP contribution in [-0.2, 0) is 25.6 Å². The second kappa shape index (κ2) is 12.2. The van der Waals surface area contributed by atoms with Crippen molar-refractivity contribution in [3.05, 3.63) is 123 Å². The summed E-state index contributed by atoms with van der Waals surface area (Å²) in [5, 5.41) is 14.5. The first kappa shape index (κ1) is 28.0. The van der Waals surface area contributed by atoms with Crippen molar-refractivity contribution in [2.75, 3.05) is 13.7 Å². The van der Waals surface area contributed by atoms with E-state index in [1.165, 1.54) is 25.3 Å². The van der Waals surface area contributed by atoms with Crippen LogP contribution in [0.4, 0.5) is 5.69 Å². The third-order valence-electron chi connectivity index (χ3n) is 6.74. The topological polar surface area (TPSA) is 126 Å². The van der Waals surface area contributed by atoms with Gasteiger partial charge in [-0.25, -0.2) is 14.6 Å². The van der Waals surface area contributed by atoms with E-state index in [1.54, 1.807) is 38.5 Å². The van der Waals surface area contributed by atoms with E-state index in [0.717, 1.165) is 23.2 Å². The zero-order valence-electron chi connectivity index (χ0n) is 22.7. The largest absolute Gasteiger partial charge is 0.466 e. The third kappa shape index (κ3) is 6.17. The first-order chi connectivity index (χ1) is 19.2. The molecule has 1 atom stereocenters. The Hall–Kier alpha value is -4.99. The molecule has 3 aromatic rings. The molecule has 1 unspecified atom stereocenters. The number of nitrogens with one attached hydrogen (secondary N) is 1. The van der Waals surface area contributed by atoms with Crippen LogP contribution in [-0.4, -0.2) is 40.1 Å². The van der Waals surface area contributed by atoms with Crippen LogP contribution < -0.4 is 5.32 Å². The Morgan fingerprint density at radius 2 is 1.80 bits per heavy atom. The van der Waals surface area contributed by atoms with Gasteiger partial charge in [-0.15, -0.1) is 0 Å². The van der Waals surface area contributed by atoms with Crippen LogP contribution in [0.2, 0.25) is 0 Å². The highest BCUT2D eigenvalue weighted by atomic mass is 16.6. The van der Waals surface area contributed by atoms with E-state index in [1.807, 2.05) is 42.0 Å². The molecule has 0 aliphatic carbocycles. The summed E-state index contributed by atoms with van der Waals surface area (Å²) >= 11 is 0. The highest BCUT2D eigenvalue weighted by molar-refractivity contribution is 6.00. The Balaban J connectivity index is 1.54. The third-order valence-corrected chi connectivity index (χ3v) is 6.74. The molecular formula is C30H30N4O6. The number of rotatable bonds is 9. The minimum atomic E-state index is -0.908. The minimum absolute atomic E-state index is 0.00382. The van der Waals surface area contributed by atoms with E-state index in [4.69, 9.17) is 9.47 Å². The van der Waals surface area contributed by atoms with E-state index < -0.39 is 22.8 Å². The number of carbonyl (C=O) groups is 2. The monoisotopic (exact) mass is 542 g/mol. The first-order valence-corrected chi connectivity index (χ1v) is 12.6. The number of imidazole rings is 1. The molecule has 0 amide bonds. The van der Waals surface area contributed by atoms with Crippen molar-refractivity contribution in [2.45, 2.75) is 33.2 Å². The highest BCUT2D eigenvalue weighted by Gasteiger charge is 2.38. The molecule has 206 valence electrons. The Bertz CT molecular complexity index is 1520. The van der Waals surface area contributed by atoms with Crippen LogP contribution in [0.3, 0.4) is 0 Å². The van der Waals surface area contributed by atoms with Crippen LogP contribution >= 0.6 is 0 Å². The Morgan fingerprint density at radius 1 is 1.10 bits per heavy atom. The molecule has 1 aromatic heterocycles. The molecular weight excluding hydrogens is 512 g/mol. The summed E-state index contributed by atoms with van der Waals surface area (Å²) in [4.78, 5) is 41.2.